The largest absolute Gasteiger partial charge is 0.316 e. The van der Waals surface area contributed by atoms with E-state index in [1.165, 1.54) is 32.2 Å². The summed E-state index contributed by atoms with van der Waals surface area (Å²) in [5.74, 6) is 1.93. The molecule has 0 aromatic heterocycles. The lowest BCUT2D eigenvalue weighted by molar-refractivity contribution is 0.469. The molecular formula is C12H23N. The third kappa shape index (κ3) is 4.47. The molecule has 1 rings (SSSR count). The number of hydrogen-bond donors (Lipinski definition) is 1. The molecule has 2 atom stereocenters. The Hall–Kier alpha value is -0.300. The van der Waals surface area contributed by atoms with Crippen LogP contribution in [-0.2, 0) is 0 Å². The molecule has 0 saturated heterocycles. The summed E-state index contributed by atoms with van der Waals surface area (Å²) in [6.07, 6.45) is 8.71. The molecule has 0 spiro atoms. The predicted molar refractivity (Wildman–Crippen MR) is 58.8 cm³/mol. The zero-order valence-electron chi connectivity index (χ0n) is 8.89. The minimum atomic E-state index is 0.957. The molecule has 0 radical (unpaired) electrons. The minimum Gasteiger partial charge on any atom is -0.316 e. The predicted octanol–water partition coefficient (Wildman–Crippen LogP) is 2.98. The zero-order valence-corrected chi connectivity index (χ0v) is 8.89. The summed E-state index contributed by atoms with van der Waals surface area (Å²) in [7, 11) is 0. The lowest BCUT2D eigenvalue weighted by atomic mass is 10.1. The van der Waals surface area contributed by atoms with Crippen molar-refractivity contribution in [2.45, 2.75) is 39.0 Å². The van der Waals surface area contributed by atoms with Crippen LogP contribution in [0.1, 0.15) is 39.0 Å². The monoisotopic (exact) mass is 181 g/mol. The summed E-state index contributed by atoms with van der Waals surface area (Å²) in [5, 5.41) is 3.53. The highest BCUT2D eigenvalue weighted by atomic mass is 14.9. The lowest BCUT2D eigenvalue weighted by Crippen LogP contribution is -2.22. The van der Waals surface area contributed by atoms with Crippen LogP contribution >= 0.6 is 0 Å². The smallest absolute Gasteiger partial charge is 0.00204 e. The Morgan fingerprint density at radius 1 is 1.46 bits per heavy atom. The van der Waals surface area contributed by atoms with E-state index in [0.717, 1.165) is 24.8 Å². The summed E-state index contributed by atoms with van der Waals surface area (Å²) in [6, 6.07) is 0. The summed E-state index contributed by atoms with van der Waals surface area (Å²) in [6.45, 7) is 8.49. The summed E-state index contributed by atoms with van der Waals surface area (Å²) in [4.78, 5) is 0. The molecule has 1 saturated carbocycles. The van der Waals surface area contributed by atoms with Crippen LogP contribution in [0.15, 0.2) is 12.7 Å². The van der Waals surface area contributed by atoms with E-state index in [-0.39, 0.29) is 0 Å². The van der Waals surface area contributed by atoms with Crippen LogP contribution in [0.2, 0.25) is 0 Å². The van der Waals surface area contributed by atoms with Crippen LogP contribution in [-0.4, -0.2) is 13.1 Å². The van der Waals surface area contributed by atoms with E-state index in [2.05, 4.69) is 18.8 Å². The average Bonchev–Trinajstić information content (AvgIpc) is 2.51. The van der Waals surface area contributed by atoms with E-state index < -0.39 is 0 Å². The van der Waals surface area contributed by atoms with Gasteiger partial charge >= 0.3 is 0 Å². The van der Waals surface area contributed by atoms with Crippen LogP contribution in [0.3, 0.4) is 0 Å². The summed E-state index contributed by atoms with van der Waals surface area (Å²) >= 11 is 0. The van der Waals surface area contributed by atoms with Gasteiger partial charge in [0.25, 0.3) is 0 Å². The Morgan fingerprint density at radius 2 is 2.31 bits per heavy atom. The first-order valence-corrected chi connectivity index (χ1v) is 5.64. The highest BCUT2D eigenvalue weighted by Gasteiger charge is 2.20. The first kappa shape index (κ1) is 10.8. The SMILES string of the molecule is C=CCCCNCC1CCC(C)C1. The molecule has 0 amide bonds. The molecule has 1 aliphatic carbocycles. The van der Waals surface area contributed by atoms with Gasteiger partial charge in [0.15, 0.2) is 0 Å². The third-order valence-corrected chi connectivity index (χ3v) is 3.00. The van der Waals surface area contributed by atoms with E-state index in [1.807, 2.05) is 6.08 Å². The second kappa shape index (κ2) is 6.20. The molecule has 1 N–H and O–H groups in total. The molecular weight excluding hydrogens is 158 g/mol. The average molecular weight is 181 g/mol. The first-order chi connectivity index (χ1) is 6.33. The van der Waals surface area contributed by atoms with E-state index in [1.54, 1.807) is 0 Å². The van der Waals surface area contributed by atoms with E-state index in [9.17, 15) is 0 Å². The van der Waals surface area contributed by atoms with E-state index in [0.29, 0.717) is 0 Å². The maximum Gasteiger partial charge on any atom is -0.00204 e. The fourth-order valence-electron chi connectivity index (χ4n) is 2.19. The maximum atomic E-state index is 3.72. The van der Waals surface area contributed by atoms with Crippen molar-refractivity contribution in [1.29, 1.82) is 0 Å². The molecule has 0 bridgehead atoms. The number of nitrogens with one attached hydrogen (secondary N) is 1. The molecule has 76 valence electrons. The van der Waals surface area contributed by atoms with Crippen molar-refractivity contribution in [2.75, 3.05) is 13.1 Å². The minimum absolute atomic E-state index is 0.957. The van der Waals surface area contributed by atoms with Gasteiger partial charge in [-0.2, -0.15) is 0 Å². The van der Waals surface area contributed by atoms with Crippen molar-refractivity contribution in [3.63, 3.8) is 0 Å². The van der Waals surface area contributed by atoms with Gasteiger partial charge < -0.3 is 5.32 Å². The van der Waals surface area contributed by atoms with Crippen molar-refractivity contribution >= 4 is 0 Å². The second-order valence-electron chi connectivity index (χ2n) is 4.42. The highest BCUT2D eigenvalue weighted by molar-refractivity contribution is 4.74. The van der Waals surface area contributed by atoms with Crippen molar-refractivity contribution < 1.29 is 0 Å². The van der Waals surface area contributed by atoms with Crippen LogP contribution in [0.4, 0.5) is 0 Å². The number of unbranched alkanes of at least 4 members (excludes halogenated alkanes) is 1. The molecule has 1 heteroatoms. The van der Waals surface area contributed by atoms with Crippen LogP contribution < -0.4 is 5.32 Å². The molecule has 0 aromatic carbocycles. The van der Waals surface area contributed by atoms with Gasteiger partial charge in [-0.1, -0.05) is 19.4 Å². The fraction of sp³-hybridized carbons (Fsp3) is 0.833. The van der Waals surface area contributed by atoms with Crippen LogP contribution in [0.25, 0.3) is 0 Å². The number of rotatable bonds is 6. The van der Waals surface area contributed by atoms with Gasteiger partial charge in [0, 0.05) is 0 Å². The molecule has 0 heterocycles. The van der Waals surface area contributed by atoms with Gasteiger partial charge in [-0.05, 0) is 50.6 Å². The topological polar surface area (TPSA) is 12.0 Å². The molecule has 1 aliphatic rings. The summed E-state index contributed by atoms with van der Waals surface area (Å²) in [5.41, 5.74) is 0. The van der Waals surface area contributed by atoms with Crippen molar-refractivity contribution in [3.8, 4) is 0 Å². The van der Waals surface area contributed by atoms with Gasteiger partial charge in [-0.25, -0.2) is 0 Å². The standard InChI is InChI=1S/C12H23N/c1-3-4-5-8-13-10-12-7-6-11(2)9-12/h3,11-13H,1,4-10H2,2H3. The Morgan fingerprint density at radius 3 is 2.92 bits per heavy atom. The molecule has 0 aliphatic heterocycles. The van der Waals surface area contributed by atoms with Crippen molar-refractivity contribution in [3.05, 3.63) is 12.7 Å². The normalized spacial score (nSPS) is 27.8. The van der Waals surface area contributed by atoms with Crippen molar-refractivity contribution in [2.24, 2.45) is 11.8 Å². The Balaban J connectivity index is 1.91. The Labute approximate surface area is 82.6 Å². The van der Waals surface area contributed by atoms with E-state index >= 15 is 0 Å². The molecule has 1 fully saturated rings. The third-order valence-electron chi connectivity index (χ3n) is 3.00. The molecule has 0 aromatic rings. The zero-order chi connectivity index (χ0) is 9.52. The number of allylic oxidation sites excluding steroid dienone is 1. The Kier molecular flexibility index (Phi) is 5.14. The Bertz CT molecular complexity index is 142. The van der Waals surface area contributed by atoms with Crippen molar-refractivity contribution in [1.82, 2.24) is 5.32 Å². The van der Waals surface area contributed by atoms with Gasteiger partial charge in [0.05, 0.1) is 0 Å². The second-order valence-corrected chi connectivity index (χ2v) is 4.42. The van der Waals surface area contributed by atoms with Gasteiger partial charge in [0.1, 0.15) is 0 Å². The highest BCUT2D eigenvalue weighted by Crippen LogP contribution is 2.29. The summed E-state index contributed by atoms with van der Waals surface area (Å²) < 4.78 is 0. The number of hydrogen-bond acceptors (Lipinski definition) is 1. The van der Waals surface area contributed by atoms with Gasteiger partial charge in [-0.15, -0.1) is 6.58 Å². The van der Waals surface area contributed by atoms with Crippen LogP contribution in [0, 0.1) is 11.8 Å². The van der Waals surface area contributed by atoms with Crippen LogP contribution in [0.5, 0.6) is 0 Å². The molecule has 2 unspecified atom stereocenters. The maximum absolute atomic E-state index is 3.72. The first-order valence-electron chi connectivity index (χ1n) is 5.64. The fourth-order valence-corrected chi connectivity index (χ4v) is 2.19. The van der Waals surface area contributed by atoms with Gasteiger partial charge in [0.2, 0.25) is 0 Å². The molecule has 13 heavy (non-hydrogen) atoms. The van der Waals surface area contributed by atoms with Gasteiger partial charge in [-0.3, -0.25) is 0 Å². The van der Waals surface area contributed by atoms with E-state index in [4.69, 9.17) is 0 Å². The molecule has 1 nitrogen and oxygen atoms in total. The quantitative estimate of drug-likeness (QED) is 0.490. The lowest BCUT2D eigenvalue weighted by Gasteiger charge is -2.10.